The molecular weight excluding hydrogens is 487 g/mol. The van der Waals surface area contributed by atoms with Gasteiger partial charge in [0.05, 0.1) is 28.1 Å². The molecule has 6 atom stereocenters. The molecule has 5 rings (SSSR count). The number of aromatic nitrogens is 5. The fourth-order valence-electron chi connectivity index (χ4n) is 4.29. The van der Waals surface area contributed by atoms with Crippen molar-refractivity contribution < 1.29 is 32.7 Å². The Morgan fingerprint density at radius 2 is 2.17 bits per heavy atom. The second kappa shape index (κ2) is 10.5. The van der Waals surface area contributed by atoms with Crippen LogP contribution in [0.3, 0.4) is 0 Å². The van der Waals surface area contributed by atoms with E-state index in [4.69, 9.17) is 13.0 Å². The third-order valence-electron chi connectivity index (χ3n) is 6.25. The normalized spacial score (nSPS) is 32.3. The third-order valence-corrected chi connectivity index (χ3v) is 7.05. The average molecular weight is 525 g/mol. The maximum absolute atomic E-state index is 14.3. The van der Waals surface area contributed by atoms with E-state index in [0.717, 1.165) is 11.8 Å². The monoisotopic (exact) mass is 524 g/mol. The van der Waals surface area contributed by atoms with Crippen LogP contribution in [0.15, 0.2) is 23.4 Å². The van der Waals surface area contributed by atoms with Crippen LogP contribution >= 0.6 is 11.8 Å². The summed E-state index contributed by atoms with van der Waals surface area (Å²) in [5.74, 6) is -1.10. The number of ether oxygens (including phenoxy) is 1. The number of fused-ring (bicyclic) bond motifs is 1. The van der Waals surface area contributed by atoms with Crippen molar-refractivity contribution in [1.29, 1.82) is 0 Å². The van der Waals surface area contributed by atoms with Crippen molar-refractivity contribution in [3.63, 3.8) is 0 Å². The van der Waals surface area contributed by atoms with E-state index in [1.807, 2.05) is 0 Å². The molecule has 2 aliphatic rings. The number of rotatable bonds is 10. The van der Waals surface area contributed by atoms with E-state index < -0.39 is 67.4 Å². The molecule has 2 heterocycles. The fourth-order valence-corrected chi connectivity index (χ4v) is 4.83. The molecule has 4 N–H and O–H groups in total. The fraction of sp³-hybridized carbons (Fsp3) is 0.583. The second-order valence-corrected chi connectivity index (χ2v) is 9.54. The number of nitrogens with one attached hydrogen (secondary N) is 1. The van der Waals surface area contributed by atoms with Gasteiger partial charge >= 0.3 is 0 Å². The van der Waals surface area contributed by atoms with Gasteiger partial charge in [0.15, 0.2) is 22.1 Å². The van der Waals surface area contributed by atoms with E-state index in [2.05, 4.69) is 25.6 Å². The summed E-state index contributed by atoms with van der Waals surface area (Å²) in [7, 11) is 0. The first-order chi connectivity index (χ1) is 19.6. The van der Waals surface area contributed by atoms with Gasteiger partial charge in [0, 0.05) is 29.6 Å². The summed E-state index contributed by atoms with van der Waals surface area (Å²) in [5.41, 5.74) is -0.710. The van der Waals surface area contributed by atoms with Crippen molar-refractivity contribution in [2.45, 2.75) is 74.5 Å². The molecule has 0 aliphatic heterocycles. The Labute approximate surface area is 220 Å². The maximum atomic E-state index is 14.3. The predicted molar refractivity (Wildman–Crippen MR) is 133 cm³/mol. The molecule has 194 valence electrons. The molecule has 3 aromatic rings. The summed E-state index contributed by atoms with van der Waals surface area (Å²) < 4.78 is 69.5. The van der Waals surface area contributed by atoms with Crippen molar-refractivity contribution in [2.24, 2.45) is 0 Å². The molecule has 0 saturated heterocycles. The molecule has 36 heavy (non-hydrogen) atoms. The Balaban J connectivity index is 1.51. The van der Waals surface area contributed by atoms with Crippen LogP contribution in [0.2, 0.25) is 0 Å². The number of aliphatic hydroxyl groups excluding tert-OH is 3. The molecule has 2 aliphatic carbocycles. The first-order valence-electron chi connectivity index (χ1n) is 14.6. The highest BCUT2D eigenvalue weighted by Crippen LogP contribution is 2.44. The summed E-state index contributed by atoms with van der Waals surface area (Å²) in [4.78, 5) is 8.85. The first-order valence-corrected chi connectivity index (χ1v) is 12.4. The van der Waals surface area contributed by atoms with Gasteiger partial charge in [-0.15, -0.1) is 5.10 Å². The quantitative estimate of drug-likeness (QED) is 0.231. The molecular formula is C24H31FN6O4S. The van der Waals surface area contributed by atoms with Gasteiger partial charge in [0.1, 0.15) is 18.0 Å². The Bertz CT molecular complexity index is 1480. The summed E-state index contributed by atoms with van der Waals surface area (Å²) in [6.07, 6.45) is -5.95. The number of aliphatic hydroxyl groups is 3. The van der Waals surface area contributed by atoms with Gasteiger partial charge in [-0.05, 0) is 36.9 Å². The highest BCUT2D eigenvalue weighted by molar-refractivity contribution is 7.99. The van der Waals surface area contributed by atoms with Gasteiger partial charge < -0.3 is 25.4 Å². The number of halogens is 1. The molecule has 0 bridgehead atoms. The minimum atomic E-state index is -2.46. The van der Waals surface area contributed by atoms with Crippen LogP contribution in [0.25, 0.3) is 11.2 Å². The lowest BCUT2D eigenvalue weighted by Gasteiger charge is -2.17. The molecule has 2 fully saturated rings. The zero-order valence-corrected chi connectivity index (χ0v) is 20.4. The highest BCUT2D eigenvalue weighted by atomic mass is 32.2. The lowest BCUT2D eigenvalue weighted by atomic mass is 10.1. The molecule has 0 unspecified atom stereocenters. The van der Waals surface area contributed by atoms with E-state index >= 15 is 0 Å². The number of hydrogen-bond acceptors (Lipinski definition) is 10. The van der Waals surface area contributed by atoms with Gasteiger partial charge in [-0.25, -0.2) is 19.0 Å². The minimum Gasteiger partial charge on any atom is -0.394 e. The lowest BCUT2D eigenvalue weighted by molar-refractivity contribution is -0.0629. The number of aryl methyl sites for hydroxylation is 1. The zero-order valence-electron chi connectivity index (χ0n) is 25.6. The van der Waals surface area contributed by atoms with E-state index in [-0.39, 0.29) is 35.0 Å². The molecule has 10 nitrogen and oxygen atoms in total. The second-order valence-electron chi connectivity index (χ2n) is 8.68. The van der Waals surface area contributed by atoms with Crippen LogP contribution in [0, 0.1) is 12.7 Å². The van der Waals surface area contributed by atoms with E-state index in [1.165, 1.54) is 10.7 Å². The van der Waals surface area contributed by atoms with Crippen LogP contribution in [0.5, 0.6) is 0 Å². The predicted octanol–water partition coefficient (Wildman–Crippen LogP) is 2.18. The number of thioether (sulfide) groups is 1. The van der Waals surface area contributed by atoms with Crippen molar-refractivity contribution >= 4 is 28.7 Å². The summed E-state index contributed by atoms with van der Waals surface area (Å²) >= 11 is 0.735. The molecule has 2 saturated carbocycles. The van der Waals surface area contributed by atoms with E-state index in [1.54, 1.807) is 26.0 Å². The van der Waals surface area contributed by atoms with Crippen LogP contribution in [0.1, 0.15) is 57.4 Å². The van der Waals surface area contributed by atoms with Gasteiger partial charge in [0.2, 0.25) is 0 Å². The SMILES string of the molecule is [2H]C([2H])(CO)O[C@H]1C[C@@H](n2nnc3c(N[C@H]4[C@H](c5ccc(C)c(F)c5)C4([2H])[2H])nc(SC([2H])([2H])CC)nc32)[C@H](O)[C@@H]1O. The van der Waals surface area contributed by atoms with Crippen molar-refractivity contribution in [3.05, 3.63) is 35.1 Å². The Kier molecular flexibility index (Phi) is 5.51. The summed E-state index contributed by atoms with van der Waals surface area (Å²) in [6.45, 7) is -0.152. The van der Waals surface area contributed by atoms with Gasteiger partial charge in [0.25, 0.3) is 0 Å². The summed E-state index contributed by atoms with van der Waals surface area (Å²) in [5, 5.41) is 41.9. The van der Waals surface area contributed by atoms with E-state index in [9.17, 15) is 19.7 Å². The average Bonchev–Trinajstić information content (AvgIpc) is 3.16. The van der Waals surface area contributed by atoms with Crippen molar-refractivity contribution in [1.82, 2.24) is 25.0 Å². The van der Waals surface area contributed by atoms with E-state index in [0.29, 0.717) is 11.1 Å². The number of anilines is 1. The van der Waals surface area contributed by atoms with Crippen LogP contribution < -0.4 is 5.32 Å². The van der Waals surface area contributed by atoms with Crippen molar-refractivity contribution in [2.75, 3.05) is 24.2 Å². The van der Waals surface area contributed by atoms with Crippen molar-refractivity contribution in [3.8, 4) is 0 Å². The molecule has 12 heteroatoms. The lowest BCUT2D eigenvalue weighted by Crippen LogP contribution is -2.33. The van der Waals surface area contributed by atoms with Gasteiger partial charge in [-0.3, -0.25) is 0 Å². The Morgan fingerprint density at radius 1 is 1.33 bits per heavy atom. The Hall–Kier alpha value is -2.38. The smallest absolute Gasteiger partial charge is 0.191 e. The summed E-state index contributed by atoms with van der Waals surface area (Å²) in [6, 6.07) is 2.73. The minimum absolute atomic E-state index is 0.0167. The number of nitrogens with zero attached hydrogens (tertiary/aromatic N) is 5. The third kappa shape index (κ3) is 4.92. The van der Waals surface area contributed by atoms with Gasteiger partial charge in [-0.2, -0.15) is 0 Å². The molecule has 2 aromatic heterocycles. The molecule has 0 amide bonds. The van der Waals surface area contributed by atoms with Crippen LogP contribution in [0.4, 0.5) is 10.2 Å². The van der Waals surface area contributed by atoms with Crippen LogP contribution in [-0.2, 0) is 4.74 Å². The topological polar surface area (TPSA) is 138 Å². The number of benzene rings is 1. The van der Waals surface area contributed by atoms with Crippen LogP contribution in [-0.4, -0.2) is 83.5 Å². The molecule has 0 spiro atoms. The standard InChI is InChI=1S/C24H31FN6O4S/c1-3-8-36-24-27-22(26-16-10-14(16)13-5-4-12(2)15(25)9-13)19-23(28-24)31(30-29-19)17-11-18(35-7-6-32)21(34)20(17)33/h4-5,9,14,16-18,20-21,32-34H,3,6-8,10-11H2,1-2H3,(H,26,27,28)/t14-,16+,17+,18-,20-,21+/m0/s1/i7D2,8D2,10D2. The van der Waals surface area contributed by atoms with Gasteiger partial charge in [-0.1, -0.05) is 36.0 Å². The zero-order chi connectivity index (χ0) is 30.8. The first kappa shape index (κ1) is 18.8. The Morgan fingerprint density at radius 3 is 2.92 bits per heavy atom. The highest BCUT2D eigenvalue weighted by Gasteiger charge is 2.45. The largest absolute Gasteiger partial charge is 0.394 e. The number of hydrogen-bond donors (Lipinski definition) is 4. The molecule has 1 aromatic carbocycles. The maximum Gasteiger partial charge on any atom is 0.191 e. The molecule has 0 radical (unpaired) electrons.